The van der Waals surface area contributed by atoms with Gasteiger partial charge in [-0.2, -0.15) is 0 Å². The molecule has 0 N–H and O–H groups in total. The van der Waals surface area contributed by atoms with Crippen molar-refractivity contribution < 1.29 is 0 Å². The van der Waals surface area contributed by atoms with E-state index in [1.807, 2.05) is 52.9 Å². The molecule has 18 heavy (non-hydrogen) atoms. The number of aromatic nitrogens is 3. The Morgan fingerprint density at radius 1 is 0.833 bits per heavy atom. The van der Waals surface area contributed by atoms with Crippen LogP contribution in [-0.2, 0) is 0 Å². The Morgan fingerprint density at radius 2 is 1.56 bits per heavy atom. The lowest BCUT2D eigenvalue weighted by molar-refractivity contribution is 1.15. The van der Waals surface area contributed by atoms with Crippen LogP contribution in [-0.4, -0.2) is 14.4 Å². The summed E-state index contributed by atoms with van der Waals surface area (Å²) in [5.74, 6) is 0. The van der Waals surface area contributed by atoms with Gasteiger partial charge >= 0.3 is 0 Å². The summed E-state index contributed by atoms with van der Waals surface area (Å²) in [5.41, 5.74) is 3.63. The molecule has 0 aliphatic rings. The van der Waals surface area contributed by atoms with Gasteiger partial charge in [0.05, 0.1) is 16.6 Å². The van der Waals surface area contributed by atoms with Gasteiger partial charge in [0.2, 0.25) is 5.28 Å². The fourth-order valence-corrected chi connectivity index (χ4v) is 2.57. The summed E-state index contributed by atoms with van der Waals surface area (Å²) in [6, 6.07) is 15.8. The zero-order valence-electron chi connectivity index (χ0n) is 9.34. The summed E-state index contributed by atoms with van der Waals surface area (Å²) in [6.07, 6.45) is 0. The van der Waals surface area contributed by atoms with Crippen molar-refractivity contribution in [2.24, 2.45) is 0 Å². The summed E-state index contributed by atoms with van der Waals surface area (Å²) in [4.78, 5) is 9.06. The Morgan fingerprint density at radius 3 is 2.44 bits per heavy atom. The highest BCUT2D eigenvalue weighted by atomic mass is 35.5. The third-order valence-corrected chi connectivity index (χ3v) is 3.36. The van der Waals surface area contributed by atoms with Gasteiger partial charge in [0.25, 0.3) is 0 Å². The number of benzene rings is 2. The summed E-state index contributed by atoms with van der Waals surface area (Å²) in [5, 5.41) is 1.45. The molecule has 4 heteroatoms. The van der Waals surface area contributed by atoms with E-state index in [1.165, 1.54) is 0 Å². The molecule has 0 saturated carbocycles. The normalized spacial score (nSPS) is 11.6. The first kappa shape index (κ1) is 9.85. The van der Waals surface area contributed by atoms with Crippen molar-refractivity contribution in [3.8, 4) is 0 Å². The minimum atomic E-state index is 0.442. The minimum absolute atomic E-state index is 0.442. The first-order valence-corrected chi connectivity index (χ1v) is 6.04. The van der Waals surface area contributed by atoms with Crippen molar-refractivity contribution >= 4 is 39.2 Å². The van der Waals surface area contributed by atoms with Gasteiger partial charge in [0, 0.05) is 5.39 Å². The Balaban J connectivity index is 2.38. The van der Waals surface area contributed by atoms with E-state index in [-0.39, 0.29) is 0 Å². The van der Waals surface area contributed by atoms with Crippen LogP contribution in [0, 0.1) is 0 Å². The van der Waals surface area contributed by atoms with E-state index in [0.29, 0.717) is 5.28 Å². The fourth-order valence-electron chi connectivity index (χ4n) is 2.30. The van der Waals surface area contributed by atoms with Crippen LogP contribution in [0.2, 0.25) is 5.28 Å². The average molecular weight is 254 g/mol. The maximum Gasteiger partial charge on any atom is 0.209 e. The molecule has 0 unspecified atom stereocenters. The second-order valence-electron chi connectivity index (χ2n) is 4.16. The maximum atomic E-state index is 6.27. The molecule has 2 aromatic carbocycles. The molecular formula is C14H8ClN3. The Kier molecular flexibility index (Phi) is 1.88. The summed E-state index contributed by atoms with van der Waals surface area (Å²) in [6.45, 7) is 0. The van der Waals surface area contributed by atoms with Crippen molar-refractivity contribution in [3.63, 3.8) is 0 Å². The average Bonchev–Trinajstić information content (AvgIpc) is 2.79. The van der Waals surface area contributed by atoms with Gasteiger partial charge in [-0.25, -0.2) is 9.97 Å². The van der Waals surface area contributed by atoms with Crippen LogP contribution < -0.4 is 0 Å². The molecule has 4 aromatic rings. The lowest BCUT2D eigenvalue weighted by Crippen LogP contribution is -1.92. The Labute approximate surface area is 108 Å². The second-order valence-corrected chi connectivity index (χ2v) is 4.50. The molecular weight excluding hydrogens is 246 g/mol. The lowest BCUT2D eigenvalue weighted by Gasteiger charge is -2.02. The molecule has 2 aromatic heterocycles. The van der Waals surface area contributed by atoms with E-state index in [1.54, 1.807) is 0 Å². The molecule has 0 radical (unpaired) electrons. The van der Waals surface area contributed by atoms with Crippen molar-refractivity contribution in [3.05, 3.63) is 53.8 Å². The molecule has 2 heterocycles. The van der Waals surface area contributed by atoms with Crippen LogP contribution in [0.3, 0.4) is 0 Å². The summed E-state index contributed by atoms with van der Waals surface area (Å²) < 4.78 is 1.89. The standard InChI is InChI=1S/C14H8ClN3/c15-14-17-10-6-2-1-5-9(10)13-16-11-7-3-4-8-12(11)18(13)14/h1-8H. The predicted molar refractivity (Wildman–Crippen MR) is 73.0 cm³/mol. The zero-order chi connectivity index (χ0) is 12.1. The number of hydrogen-bond acceptors (Lipinski definition) is 2. The molecule has 3 nitrogen and oxygen atoms in total. The first-order valence-electron chi connectivity index (χ1n) is 5.66. The third-order valence-electron chi connectivity index (χ3n) is 3.10. The smallest absolute Gasteiger partial charge is 0.209 e. The number of fused-ring (bicyclic) bond motifs is 5. The number of para-hydroxylation sites is 3. The number of imidazole rings is 1. The number of nitrogens with zero attached hydrogens (tertiary/aromatic N) is 3. The summed E-state index contributed by atoms with van der Waals surface area (Å²) >= 11 is 6.27. The molecule has 0 aliphatic heterocycles. The van der Waals surface area contributed by atoms with Gasteiger partial charge in [0.15, 0.2) is 0 Å². The third kappa shape index (κ3) is 1.19. The van der Waals surface area contributed by atoms with Gasteiger partial charge in [0.1, 0.15) is 5.65 Å². The van der Waals surface area contributed by atoms with Crippen LogP contribution in [0.15, 0.2) is 48.5 Å². The number of halogens is 1. The van der Waals surface area contributed by atoms with Crippen molar-refractivity contribution in [2.75, 3.05) is 0 Å². The monoisotopic (exact) mass is 253 g/mol. The van der Waals surface area contributed by atoms with E-state index in [2.05, 4.69) is 9.97 Å². The molecule has 0 aliphatic carbocycles. The molecule has 4 rings (SSSR count). The second kappa shape index (κ2) is 3.43. The highest BCUT2D eigenvalue weighted by Gasteiger charge is 2.11. The molecule has 0 amide bonds. The van der Waals surface area contributed by atoms with Gasteiger partial charge in [-0.1, -0.05) is 24.3 Å². The van der Waals surface area contributed by atoms with E-state index < -0.39 is 0 Å². The maximum absolute atomic E-state index is 6.27. The van der Waals surface area contributed by atoms with Crippen LogP contribution in [0.4, 0.5) is 0 Å². The number of rotatable bonds is 0. The van der Waals surface area contributed by atoms with Crippen LogP contribution in [0.5, 0.6) is 0 Å². The van der Waals surface area contributed by atoms with Gasteiger partial charge in [-0.3, -0.25) is 4.40 Å². The largest absolute Gasteiger partial charge is 0.266 e. The Hall–Kier alpha value is -2.13. The van der Waals surface area contributed by atoms with E-state index in [9.17, 15) is 0 Å². The van der Waals surface area contributed by atoms with E-state index in [4.69, 9.17) is 11.6 Å². The topological polar surface area (TPSA) is 30.2 Å². The van der Waals surface area contributed by atoms with Gasteiger partial charge in [-0.15, -0.1) is 0 Å². The van der Waals surface area contributed by atoms with Crippen molar-refractivity contribution in [2.45, 2.75) is 0 Å². The first-order chi connectivity index (χ1) is 8.84. The van der Waals surface area contributed by atoms with Gasteiger partial charge < -0.3 is 0 Å². The minimum Gasteiger partial charge on any atom is -0.266 e. The number of hydrogen-bond donors (Lipinski definition) is 0. The van der Waals surface area contributed by atoms with Gasteiger partial charge in [-0.05, 0) is 35.9 Å². The van der Waals surface area contributed by atoms with Crippen LogP contribution in [0.25, 0.3) is 27.6 Å². The summed E-state index contributed by atoms with van der Waals surface area (Å²) in [7, 11) is 0. The van der Waals surface area contributed by atoms with Crippen molar-refractivity contribution in [1.29, 1.82) is 0 Å². The molecule has 0 bridgehead atoms. The Bertz CT molecular complexity index is 895. The van der Waals surface area contributed by atoms with E-state index in [0.717, 1.165) is 27.6 Å². The molecule has 0 spiro atoms. The molecule has 86 valence electrons. The highest BCUT2D eigenvalue weighted by molar-refractivity contribution is 6.29. The molecule has 0 atom stereocenters. The zero-order valence-corrected chi connectivity index (χ0v) is 10.1. The molecule has 0 saturated heterocycles. The SMILES string of the molecule is Clc1nc2ccccc2c2nc3ccccc3n12. The molecule has 0 fully saturated rings. The van der Waals surface area contributed by atoms with E-state index >= 15 is 0 Å². The van der Waals surface area contributed by atoms with Crippen molar-refractivity contribution in [1.82, 2.24) is 14.4 Å². The van der Waals surface area contributed by atoms with Crippen LogP contribution >= 0.6 is 11.6 Å². The highest BCUT2D eigenvalue weighted by Crippen LogP contribution is 2.26. The van der Waals surface area contributed by atoms with Crippen LogP contribution in [0.1, 0.15) is 0 Å². The predicted octanol–water partition coefficient (Wildman–Crippen LogP) is 3.69. The quantitative estimate of drug-likeness (QED) is 0.448. The lowest BCUT2D eigenvalue weighted by atomic mass is 10.2. The fraction of sp³-hybridized carbons (Fsp3) is 0.